The van der Waals surface area contributed by atoms with Crippen molar-refractivity contribution in [3.63, 3.8) is 0 Å². The molecule has 0 aliphatic rings. The Hall–Kier alpha value is -5.57. The Morgan fingerprint density at radius 1 is 0.642 bits per heavy atom. The quantitative estimate of drug-likeness (QED) is 0.154. The molecule has 0 aliphatic carbocycles. The van der Waals surface area contributed by atoms with Gasteiger partial charge >= 0.3 is 0 Å². The fourth-order valence-electron chi connectivity index (χ4n) is 8.69. The number of aromatic nitrogens is 3. The Labute approximate surface area is 420 Å². The van der Waals surface area contributed by atoms with Gasteiger partial charge in [-0.2, -0.15) is 0 Å². The zero-order valence-electron chi connectivity index (χ0n) is 45.7. The van der Waals surface area contributed by atoms with E-state index in [2.05, 4.69) is 156 Å². The van der Waals surface area contributed by atoms with Crippen molar-refractivity contribution < 1.29 is 31.7 Å². The average Bonchev–Trinajstić information content (AvgIpc) is 3.66. The predicted molar refractivity (Wildman–Crippen MR) is 280 cm³/mol. The van der Waals surface area contributed by atoms with Crippen molar-refractivity contribution in [2.24, 2.45) is 0 Å². The third-order valence-electron chi connectivity index (χ3n) is 12.9. The van der Waals surface area contributed by atoms with E-state index in [9.17, 15) is 5.11 Å². The Kier molecular flexibility index (Phi) is 12.1. The van der Waals surface area contributed by atoms with Gasteiger partial charge in [-0.3, -0.25) is 9.55 Å². The molecule has 67 heavy (non-hydrogen) atoms. The molecule has 0 spiro atoms. The van der Waals surface area contributed by atoms with Crippen LogP contribution in [0, 0.1) is 19.8 Å². The van der Waals surface area contributed by atoms with E-state index >= 15 is 0 Å². The fraction of sp³-hybridized carbons (Fsp3) is 0.323. The maximum atomic E-state index is 12.5. The van der Waals surface area contributed by atoms with Crippen LogP contribution in [0.2, 0.25) is 0 Å². The largest absolute Gasteiger partial charge is 0.507 e. The third-order valence-corrected chi connectivity index (χ3v) is 12.9. The number of para-hydroxylation sites is 1. The van der Waals surface area contributed by atoms with Crippen LogP contribution in [0.5, 0.6) is 5.75 Å². The molecule has 0 fully saturated rings. The molecule has 5 heteroatoms. The molecule has 0 atom stereocenters. The number of nitrogens with zero attached hydrogens (tertiary/aromatic N) is 3. The SMILES string of the molecule is [2H]C([2H])([2H])c1cc(-c2cc(C(C)C)cc(C([2H])(C)C)c2)ccc1-n1c(-c2cc(C(C)(C)C)cc(C(C)(C)C)c2O)nc2c(-c3[c-]c(-c4cc(-c5ccc(C)cc5)ccn4)cc(C(C)(C)C)c3)cccc21.[Pt]. The number of aryl methyl sites for hydroxylation is 2. The van der Waals surface area contributed by atoms with Gasteiger partial charge < -0.3 is 5.11 Å². The molecule has 4 nitrogen and oxygen atoms in total. The van der Waals surface area contributed by atoms with Crippen molar-refractivity contribution in [3.8, 4) is 67.5 Å². The monoisotopic (exact) mass is 1070 g/mol. The number of phenolic OH excluding ortho intramolecular Hbond substituents is 1. The molecule has 0 radical (unpaired) electrons. The summed E-state index contributed by atoms with van der Waals surface area (Å²) in [7, 11) is 0. The minimum Gasteiger partial charge on any atom is -0.507 e. The predicted octanol–water partition coefficient (Wildman–Crippen LogP) is 17.0. The van der Waals surface area contributed by atoms with Gasteiger partial charge in [-0.15, -0.1) is 29.3 Å². The zero-order chi connectivity index (χ0) is 51.0. The van der Waals surface area contributed by atoms with Crippen molar-refractivity contribution >= 4 is 11.0 Å². The van der Waals surface area contributed by atoms with Crippen molar-refractivity contribution in [1.29, 1.82) is 0 Å². The van der Waals surface area contributed by atoms with Crippen LogP contribution in [0.4, 0.5) is 0 Å². The van der Waals surface area contributed by atoms with Crippen LogP contribution in [0.25, 0.3) is 72.7 Å². The number of benzene rings is 6. The van der Waals surface area contributed by atoms with Gasteiger partial charge in [0.1, 0.15) is 11.6 Å². The average molecular weight is 1070 g/mol. The molecule has 2 aromatic heterocycles. The smallest absolute Gasteiger partial charge is 0.148 e. The molecule has 8 rings (SSSR count). The normalized spacial score (nSPS) is 13.5. The number of aromatic hydroxyl groups is 1. The molecular weight excluding hydrogens is 998 g/mol. The first-order valence-electron chi connectivity index (χ1n) is 25.3. The van der Waals surface area contributed by atoms with E-state index in [1.54, 1.807) is 6.07 Å². The van der Waals surface area contributed by atoms with E-state index < -0.39 is 18.2 Å². The van der Waals surface area contributed by atoms with Gasteiger partial charge in [0.25, 0.3) is 0 Å². The van der Waals surface area contributed by atoms with Crippen LogP contribution >= 0.6 is 0 Å². The molecule has 8 aromatic rings. The van der Waals surface area contributed by atoms with Gasteiger partial charge in [0.15, 0.2) is 0 Å². The number of hydrogen-bond acceptors (Lipinski definition) is 3. The van der Waals surface area contributed by atoms with Gasteiger partial charge in [0, 0.05) is 44.0 Å². The molecule has 0 unspecified atom stereocenters. The topological polar surface area (TPSA) is 50.9 Å². The molecule has 0 aliphatic heterocycles. The van der Waals surface area contributed by atoms with Gasteiger partial charge in [-0.05, 0) is 117 Å². The van der Waals surface area contributed by atoms with Crippen molar-refractivity contribution in [1.82, 2.24) is 14.5 Å². The Bertz CT molecular complexity index is 3280. The molecule has 1 N–H and O–H groups in total. The molecule has 0 amide bonds. The Morgan fingerprint density at radius 2 is 1.28 bits per heavy atom. The maximum absolute atomic E-state index is 12.5. The summed E-state index contributed by atoms with van der Waals surface area (Å²) in [6.07, 6.45) is 1.85. The molecule has 0 saturated carbocycles. The van der Waals surface area contributed by atoms with Crippen LogP contribution < -0.4 is 0 Å². The first-order chi connectivity index (χ1) is 32.5. The number of imidazole rings is 1. The van der Waals surface area contributed by atoms with Crippen LogP contribution in [0.1, 0.15) is 146 Å². The third kappa shape index (κ3) is 10.0. The fourth-order valence-corrected chi connectivity index (χ4v) is 8.69. The summed E-state index contributed by atoms with van der Waals surface area (Å²) in [6, 6.07) is 42.7. The molecule has 0 bridgehead atoms. The molecule has 6 aromatic carbocycles. The summed E-state index contributed by atoms with van der Waals surface area (Å²) in [5.74, 6) is -0.139. The van der Waals surface area contributed by atoms with Crippen LogP contribution in [-0.2, 0) is 37.3 Å². The second-order valence-electron chi connectivity index (χ2n) is 21.8. The standard InChI is InChI=1S/C62H68N3O.Pt/c1-37(2)44-28-45(38(3)4)30-46(29-44)42-23-24-55(40(6)27-42)65-56-18-16-17-51(57(56)64-59(65)52-35-50(61(10,11)12)36-53(58(52)66)62(13,14)15)47-31-48(33-49(32-47)60(7,8)9)54-34-43(25-26-63-54)41-21-19-39(5)20-22-41;/h16-30,32-38,66H,1-15H3;/q-1;/i6D3,37D;. The second-order valence-corrected chi connectivity index (χ2v) is 21.8. The van der Waals surface area contributed by atoms with E-state index in [0.717, 1.165) is 72.5 Å². The minimum atomic E-state index is -2.56. The molecule has 348 valence electrons. The van der Waals surface area contributed by atoms with Crippen molar-refractivity contribution in [2.45, 2.75) is 132 Å². The maximum Gasteiger partial charge on any atom is 0.148 e. The van der Waals surface area contributed by atoms with E-state index in [0.29, 0.717) is 28.1 Å². The summed E-state index contributed by atoms with van der Waals surface area (Å²) in [6.45, 7) is 26.9. The summed E-state index contributed by atoms with van der Waals surface area (Å²) in [5.41, 5.74) is 14.5. The van der Waals surface area contributed by atoms with Gasteiger partial charge in [-0.1, -0.05) is 179 Å². The summed E-state index contributed by atoms with van der Waals surface area (Å²) in [5, 5.41) is 12.5. The number of pyridine rings is 1. The van der Waals surface area contributed by atoms with E-state index in [1.807, 2.05) is 67.1 Å². The van der Waals surface area contributed by atoms with Crippen LogP contribution in [-0.4, -0.2) is 19.6 Å². The first-order valence-corrected chi connectivity index (χ1v) is 23.3. The molecule has 0 saturated heterocycles. The van der Waals surface area contributed by atoms with Crippen LogP contribution in [0.3, 0.4) is 0 Å². The van der Waals surface area contributed by atoms with Crippen molar-refractivity contribution in [2.75, 3.05) is 0 Å². The van der Waals surface area contributed by atoms with Gasteiger partial charge in [0.05, 0.1) is 22.3 Å². The molecular formula is C62H68N3OPt-. The summed E-state index contributed by atoms with van der Waals surface area (Å²) < 4.78 is 38.3. The Morgan fingerprint density at radius 3 is 1.93 bits per heavy atom. The second kappa shape index (κ2) is 18.5. The van der Waals surface area contributed by atoms with Crippen molar-refractivity contribution in [3.05, 3.63) is 166 Å². The van der Waals surface area contributed by atoms with E-state index in [-0.39, 0.29) is 49.1 Å². The Balaban J connectivity index is 0.00000741. The van der Waals surface area contributed by atoms with Crippen LogP contribution in [0.15, 0.2) is 121 Å². The zero-order valence-corrected chi connectivity index (χ0v) is 44.0. The van der Waals surface area contributed by atoms with Gasteiger partial charge in [0.2, 0.25) is 0 Å². The minimum absolute atomic E-state index is 0. The summed E-state index contributed by atoms with van der Waals surface area (Å²) >= 11 is 0. The first kappa shape index (κ1) is 44.0. The summed E-state index contributed by atoms with van der Waals surface area (Å²) in [4.78, 5) is 10.4. The molecule has 2 heterocycles. The van der Waals surface area contributed by atoms with E-state index in [4.69, 9.17) is 15.5 Å². The number of fused-ring (bicyclic) bond motifs is 1. The number of hydrogen-bond donors (Lipinski definition) is 1. The van der Waals surface area contributed by atoms with Gasteiger partial charge in [-0.25, -0.2) is 4.98 Å². The van der Waals surface area contributed by atoms with E-state index in [1.165, 1.54) is 5.56 Å². The number of rotatable bonds is 8. The number of phenols is 1.